The molecule has 0 unspecified atom stereocenters. The van der Waals surface area contributed by atoms with Gasteiger partial charge in [-0.25, -0.2) is 0 Å². The van der Waals surface area contributed by atoms with Crippen LogP contribution in [-0.4, -0.2) is 11.0 Å². The van der Waals surface area contributed by atoms with Gasteiger partial charge in [-0.3, -0.25) is 4.79 Å². The van der Waals surface area contributed by atoms with Gasteiger partial charge in [0.25, 0.3) is 5.91 Å². The summed E-state index contributed by atoms with van der Waals surface area (Å²) in [7, 11) is 0. The van der Waals surface area contributed by atoms with Gasteiger partial charge in [0.1, 0.15) is 5.75 Å². The summed E-state index contributed by atoms with van der Waals surface area (Å²) < 4.78 is 2.10. The van der Waals surface area contributed by atoms with Crippen LogP contribution in [0.5, 0.6) is 5.75 Å². The number of rotatable bonds is 2. The number of carbonyl (C=O) groups excluding carboxylic acids is 1. The molecule has 19 heavy (non-hydrogen) atoms. The second kappa shape index (κ2) is 6.23. The van der Waals surface area contributed by atoms with Crippen LogP contribution in [0.25, 0.3) is 0 Å². The molecule has 0 fully saturated rings. The fourth-order valence-corrected chi connectivity index (χ4v) is 2.99. The number of phenols is 1. The summed E-state index contributed by atoms with van der Waals surface area (Å²) in [5.74, 6) is -0.0897. The van der Waals surface area contributed by atoms with E-state index in [1.807, 2.05) is 12.1 Å². The van der Waals surface area contributed by atoms with Crippen LogP contribution in [0.2, 0.25) is 0 Å². The number of benzene rings is 2. The van der Waals surface area contributed by atoms with Gasteiger partial charge in [-0.05, 0) is 90.8 Å². The molecule has 0 aliphatic heterocycles. The van der Waals surface area contributed by atoms with Crippen molar-refractivity contribution >= 4 is 66.0 Å². The summed E-state index contributed by atoms with van der Waals surface area (Å²) in [6.45, 7) is 0. The zero-order chi connectivity index (χ0) is 14.0. The first-order chi connectivity index (χ1) is 8.97. The molecule has 0 radical (unpaired) electrons. The highest BCUT2D eigenvalue weighted by Crippen LogP contribution is 2.35. The number of halogens is 3. The summed E-state index contributed by atoms with van der Waals surface area (Å²) in [4.78, 5) is 12.0. The van der Waals surface area contributed by atoms with Gasteiger partial charge >= 0.3 is 0 Å². The monoisotopic (exact) mass is 495 g/mol. The van der Waals surface area contributed by atoms with Crippen LogP contribution >= 0.6 is 54.5 Å². The van der Waals surface area contributed by atoms with Crippen LogP contribution in [0.1, 0.15) is 10.4 Å². The third kappa shape index (κ3) is 3.70. The fraction of sp³-hybridized carbons (Fsp3) is 0. The summed E-state index contributed by atoms with van der Waals surface area (Å²) in [6.07, 6.45) is 0. The predicted molar refractivity (Wildman–Crippen MR) is 90.6 cm³/mol. The fourth-order valence-electron chi connectivity index (χ4n) is 1.44. The Hall–Kier alpha value is -0.600. The standard InChI is InChI=1S/C13H8Br2INO2/c14-10-5-9(6-11(15)12(10)18)17-13(19)7-1-3-8(16)4-2-7/h1-6,18H,(H,17,19). The molecule has 0 heterocycles. The molecule has 1 amide bonds. The van der Waals surface area contributed by atoms with E-state index in [2.05, 4.69) is 59.8 Å². The van der Waals surface area contributed by atoms with Crippen molar-refractivity contribution in [2.75, 3.05) is 5.32 Å². The zero-order valence-corrected chi connectivity index (χ0v) is 14.8. The molecule has 0 aromatic heterocycles. The quantitative estimate of drug-likeness (QED) is 0.464. The maximum atomic E-state index is 12.0. The van der Waals surface area contributed by atoms with Crippen molar-refractivity contribution in [1.29, 1.82) is 0 Å². The number of hydrogen-bond acceptors (Lipinski definition) is 2. The van der Waals surface area contributed by atoms with Gasteiger partial charge in [0.05, 0.1) is 8.95 Å². The highest BCUT2D eigenvalue weighted by Gasteiger charge is 2.10. The number of hydrogen-bond donors (Lipinski definition) is 2. The van der Waals surface area contributed by atoms with Crippen molar-refractivity contribution < 1.29 is 9.90 Å². The van der Waals surface area contributed by atoms with Gasteiger partial charge in [-0.2, -0.15) is 0 Å². The number of amides is 1. The topological polar surface area (TPSA) is 49.3 Å². The molecule has 0 atom stereocenters. The lowest BCUT2D eigenvalue weighted by molar-refractivity contribution is 0.102. The largest absolute Gasteiger partial charge is 0.506 e. The van der Waals surface area contributed by atoms with E-state index < -0.39 is 0 Å². The van der Waals surface area contributed by atoms with E-state index in [0.717, 1.165) is 3.57 Å². The Labute approximate surface area is 140 Å². The van der Waals surface area contributed by atoms with Crippen molar-refractivity contribution in [2.24, 2.45) is 0 Å². The van der Waals surface area contributed by atoms with E-state index in [1.165, 1.54) is 0 Å². The minimum absolute atomic E-state index is 0.104. The molecule has 0 aliphatic carbocycles. The molecule has 0 bridgehead atoms. The lowest BCUT2D eigenvalue weighted by Gasteiger charge is -2.08. The van der Waals surface area contributed by atoms with Gasteiger partial charge in [0.2, 0.25) is 0 Å². The average Bonchev–Trinajstić information content (AvgIpc) is 2.36. The summed E-state index contributed by atoms with van der Waals surface area (Å²) in [6, 6.07) is 10.6. The Morgan fingerprint density at radius 1 is 1.11 bits per heavy atom. The van der Waals surface area contributed by atoms with Gasteiger partial charge in [-0.15, -0.1) is 0 Å². The van der Waals surface area contributed by atoms with Crippen molar-refractivity contribution in [2.45, 2.75) is 0 Å². The molecule has 0 spiro atoms. The molecule has 0 saturated heterocycles. The molecule has 2 aromatic carbocycles. The number of aromatic hydroxyl groups is 1. The van der Waals surface area contributed by atoms with Gasteiger partial charge in [0, 0.05) is 14.8 Å². The van der Waals surface area contributed by atoms with E-state index in [9.17, 15) is 9.90 Å². The van der Waals surface area contributed by atoms with E-state index in [-0.39, 0.29) is 11.7 Å². The van der Waals surface area contributed by atoms with Gasteiger partial charge < -0.3 is 10.4 Å². The highest BCUT2D eigenvalue weighted by molar-refractivity contribution is 14.1. The third-order valence-electron chi connectivity index (χ3n) is 2.38. The third-order valence-corrected chi connectivity index (χ3v) is 4.31. The molecular weight excluding hydrogens is 489 g/mol. The Morgan fingerprint density at radius 3 is 2.16 bits per heavy atom. The summed E-state index contributed by atoms with van der Waals surface area (Å²) in [5, 5.41) is 12.4. The van der Waals surface area contributed by atoms with E-state index in [4.69, 9.17) is 0 Å². The minimum atomic E-state index is -0.194. The smallest absolute Gasteiger partial charge is 0.255 e. The summed E-state index contributed by atoms with van der Waals surface area (Å²) >= 11 is 8.62. The Balaban J connectivity index is 2.22. The molecule has 6 heteroatoms. The Kier molecular flexibility index (Phi) is 4.86. The van der Waals surface area contributed by atoms with Gasteiger partial charge in [0.15, 0.2) is 0 Å². The molecule has 2 aromatic rings. The molecule has 2 rings (SSSR count). The molecule has 3 nitrogen and oxygen atoms in total. The molecule has 98 valence electrons. The van der Waals surface area contributed by atoms with Crippen molar-refractivity contribution in [3.05, 3.63) is 54.5 Å². The van der Waals surface area contributed by atoms with E-state index >= 15 is 0 Å². The van der Waals surface area contributed by atoms with Crippen molar-refractivity contribution in [3.63, 3.8) is 0 Å². The number of anilines is 1. The van der Waals surface area contributed by atoms with Crippen LogP contribution in [0.3, 0.4) is 0 Å². The first-order valence-corrected chi connectivity index (χ1v) is 7.89. The van der Waals surface area contributed by atoms with Crippen molar-refractivity contribution in [1.82, 2.24) is 0 Å². The first kappa shape index (κ1) is 14.8. The lowest BCUT2D eigenvalue weighted by atomic mass is 10.2. The van der Waals surface area contributed by atoms with Gasteiger partial charge in [-0.1, -0.05) is 0 Å². The number of phenolic OH excluding ortho intramolecular Hbond substituents is 1. The molecular formula is C13H8Br2INO2. The molecule has 0 saturated carbocycles. The Bertz CT molecular complexity index is 606. The van der Waals surface area contributed by atoms with Crippen LogP contribution in [-0.2, 0) is 0 Å². The second-order valence-corrected chi connectivity index (χ2v) is 6.70. The maximum Gasteiger partial charge on any atom is 0.255 e. The maximum absolute atomic E-state index is 12.0. The number of nitrogens with one attached hydrogen (secondary N) is 1. The average molecular weight is 497 g/mol. The normalized spacial score (nSPS) is 10.3. The SMILES string of the molecule is O=C(Nc1cc(Br)c(O)c(Br)c1)c1ccc(I)cc1. The predicted octanol–water partition coefficient (Wildman–Crippen LogP) is 4.77. The summed E-state index contributed by atoms with van der Waals surface area (Å²) in [5.41, 5.74) is 1.18. The van der Waals surface area contributed by atoms with E-state index in [1.54, 1.807) is 24.3 Å². The second-order valence-electron chi connectivity index (χ2n) is 3.75. The van der Waals surface area contributed by atoms with Crippen LogP contribution in [0.4, 0.5) is 5.69 Å². The Morgan fingerprint density at radius 2 is 1.63 bits per heavy atom. The molecule has 2 N–H and O–H groups in total. The highest BCUT2D eigenvalue weighted by atomic mass is 127. The molecule has 0 aliphatic rings. The van der Waals surface area contributed by atoms with Crippen LogP contribution in [0.15, 0.2) is 45.3 Å². The first-order valence-electron chi connectivity index (χ1n) is 5.22. The van der Waals surface area contributed by atoms with Crippen molar-refractivity contribution in [3.8, 4) is 5.75 Å². The lowest BCUT2D eigenvalue weighted by Crippen LogP contribution is -2.11. The zero-order valence-electron chi connectivity index (χ0n) is 9.45. The van der Waals surface area contributed by atoms with Crippen LogP contribution in [0, 0.1) is 3.57 Å². The van der Waals surface area contributed by atoms with E-state index in [0.29, 0.717) is 20.2 Å². The minimum Gasteiger partial charge on any atom is -0.506 e. The number of carbonyl (C=O) groups is 1. The van der Waals surface area contributed by atoms with Crippen LogP contribution < -0.4 is 5.32 Å².